The summed E-state index contributed by atoms with van der Waals surface area (Å²) in [6, 6.07) is 3.20. The van der Waals surface area contributed by atoms with Crippen molar-refractivity contribution in [3.8, 4) is 0 Å². The summed E-state index contributed by atoms with van der Waals surface area (Å²) in [5.74, 6) is 0.615. The van der Waals surface area contributed by atoms with Crippen molar-refractivity contribution < 1.29 is 12.8 Å². The molecule has 2 heterocycles. The van der Waals surface area contributed by atoms with E-state index in [1.807, 2.05) is 20.8 Å². The fraction of sp³-hybridized carbons (Fsp3) is 0.714. The van der Waals surface area contributed by atoms with Gasteiger partial charge in [0.05, 0.1) is 6.54 Å². The Hall–Kier alpha value is -0.890. The van der Waals surface area contributed by atoms with Gasteiger partial charge in [0, 0.05) is 18.6 Å². The molecule has 0 saturated carbocycles. The lowest BCUT2D eigenvalue weighted by molar-refractivity contribution is 0.198. The molecule has 0 spiro atoms. The van der Waals surface area contributed by atoms with E-state index in [-0.39, 0.29) is 10.6 Å². The van der Waals surface area contributed by atoms with Gasteiger partial charge in [0.2, 0.25) is 5.09 Å². The molecule has 2 N–H and O–H groups in total. The van der Waals surface area contributed by atoms with Crippen molar-refractivity contribution in [2.24, 2.45) is 0 Å². The van der Waals surface area contributed by atoms with Crippen molar-refractivity contribution in [3.05, 3.63) is 17.9 Å². The summed E-state index contributed by atoms with van der Waals surface area (Å²) >= 11 is 0. The lowest BCUT2D eigenvalue weighted by Crippen LogP contribution is -2.44. The number of sulfonamides is 1. The molecule has 7 heteroatoms. The molecule has 120 valence electrons. The maximum atomic E-state index is 12.2. The minimum absolute atomic E-state index is 0.0289. The van der Waals surface area contributed by atoms with Crippen LogP contribution in [-0.4, -0.2) is 32.1 Å². The summed E-state index contributed by atoms with van der Waals surface area (Å²) in [6.07, 6.45) is 3.18. The molecule has 6 nitrogen and oxygen atoms in total. The monoisotopic (exact) mass is 315 g/mol. The Balaban J connectivity index is 1.98. The zero-order valence-electron chi connectivity index (χ0n) is 13.0. The second-order valence-electron chi connectivity index (χ2n) is 6.47. The summed E-state index contributed by atoms with van der Waals surface area (Å²) in [5.41, 5.74) is -0.0438. The molecular formula is C14H25N3O3S. The molecule has 1 aliphatic rings. The van der Waals surface area contributed by atoms with E-state index in [0.29, 0.717) is 12.3 Å². The molecule has 0 amide bonds. The molecular weight excluding hydrogens is 290 g/mol. The number of piperidine rings is 1. The van der Waals surface area contributed by atoms with Crippen LogP contribution in [0.1, 0.15) is 45.8 Å². The Morgan fingerprint density at radius 1 is 1.19 bits per heavy atom. The molecule has 0 atom stereocenters. The molecule has 0 unspecified atom stereocenters. The average molecular weight is 315 g/mol. The molecule has 0 aliphatic carbocycles. The van der Waals surface area contributed by atoms with Gasteiger partial charge in [-0.15, -0.1) is 4.83 Å². The molecule has 1 fully saturated rings. The number of furan rings is 1. The van der Waals surface area contributed by atoms with Gasteiger partial charge in [0.1, 0.15) is 5.76 Å². The van der Waals surface area contributed by atoms with Gasteiger partial charge in [0.25, 0.3) is 10.0 Å². The molecule has 21 heavy (non-hydrogen) atoms. The van der Waals surface area contributed by atoms with Gasteiger partial charge in [0.15, 0.2) is 0 Å². The summed E-state index contributed by atoms with van der Waals surface area (Å²) in [5, 5.41) is 4.98. The Morgan fingerprint density at radius 2 is 1.86 bits per heavy atom. The molecule has 0 bridgehead atoms. The molecule has 1 aromatic heterocycles. The lowest BCUT2D eigenvalue weighted by Gasteiger charge is -2.25. The minimum Gasteiger partial charge on any atom is -0.447 e. The lowest BCUT2D eigenvalue weighted by atomic mass is 10.1. The number of nitrogens with one attached hydrogen (secondary N) is 2. The number of rotatable bonds is 5. The Bertz CT molecular complexity index is 554. The highest BCUT2D eigenvalue weighted by molar-refractivity contribution is 7.89. The van der Waals surface area contributed by atoms with Crippen molar-refractivity contribution >= 4 is 10.0 Å². The third kappa shape index (κ3) is 5.10. The topological polar surface area (TPSA) is 74.6 Å². The van der Waals surface area contributed by atoms with Crippen LogP contribution in [0.3, 0.4) is 0 Å². The second kappa shape index (κ2) is 6.48. The van der Waals surface area contributed by atoms with Gasteiger partial charge in [-0.2, -0.15) is 0 Å². The van der Waals surface area contributed by atoms with Crippen LogP contribution in [0.25, 0.3) is 0 Å². The van der Waals surface area contributed by atoms with Crippen LogP contribution >= 0.6 is 0 Å². The van der Waals surface area contributed by atoms with E-state index in [2.05, 4.69) is 10.1 Å². The number of nitrogens with zero attached hydrogens (tertiary/aromatic N) is 1. The van der Waals surface area contributed by atoms with Crippen molar-refractivity contribution in [3.63, 3.8) is 0 Å². The van der Waals surface area contributed by atoms with E-state index < -0.39 is 10.0 Å². The summed E-state index contributed by atoms with van der Waals surface area (Å²) in [4.78, 5) is 2.59. The average Bonchev–Trinajstić information content (AvgIpc) is 2.86. The van der Waals surface area contributed by atoms with E-state index in [9.17, 15) is 8.42 Å². The Kier molecular flexibility index (Phi) is 5.08. The molecule has 0 aromatic carbocycles. The smallest absolute Gasteiger partial charge is 0.286 e. The van der Waals surface area contributed by atoms with E-state index in [4.69, 9.17) is 4.42 Å². The van der Waals surface area contributed by atoms with Gasteiger partial charge in [-0.05, 0) is 45.7 Å². The van der Waals surface area contributed by atoms with Crippen molar-refractivity contribution in [2.45, 2.75) is 57.2 Å². The van der Waals surface area contributed by atoms with Gasteiger partial charge < -0.3 is 9.73 Å². The van der Waals surface area contributed by atoms with Crippen LogP contribution in [0.15, 0.2) is 21.6 Å². The zero-order valence-corrected chi connectivity index (χ0v) is 13.8. The second-order valence-corrected chi connectivity index (χ2v) is 8.06. The highest BCUT2D eigenvalue weighted by Gasteiger charge is 2.23. The number of hydrogen-bond acceptors (Lipinski definition) is 5. The van der Waals surface area contributed by atoms with Crippen molar-refractivity contribution in [2.75, 3.05) is 13.1 Å². The summed E-state index contributed by atoms with van der Waals surface area (Å²) in [6.45, 7) is 8.14. The zero-order chi connectivity index (χ0) is 15.5. The number of hydrogen-bond donors (Lipinski definition) is 2. The van der Waals surface area contributed by atoms with Crippen LogP contribution in [0.2, 0.25) is 0 Å². The van der Waals surface area contributed by atoms with Crippen LogP contribution in [-0.2, 0) is 16.6 Å². The van der Waals surface area contributed by atoms with Crippen LogP contribution in [0.5, 0.6) is 0 Å². The first-order valence-corrected chi connectivity index (χ1v) is 8.86. The third-order valence-electron chi connectivity index (χ3n) is 3.30. The molecule has 1 aliphatic heterocycles. The first-order valence-electron chi connectivity index (χ1n) is 7.37. The van der Waals surface area contributed by atoms with E-state index in [1.165, 1.54) is 6.07 Å². The van der Waals surface area contributed by atoms with Gasteiger partial charge in [-0.25, -0.2) is 13.4 Å². The fourth-order valence-electron chi connectivity index (χ4n) is 2.15. The standard InChI is InChI=1S/C14H25N3O3S/c1-14(2,3)15-11-12-7-8-13(20-12)21(18,19)16-17-9-5-4-6-10-17/h7-8,15-16H,4-6,9-11H2,1-3H3. The SMILES string of the molecule is CC(C)(C)NCc1ccc(S(=O)(=O)NN2CCCCC2)o1. The highest BCUT2D eigenvalue weighted by atomic mass is 32.2. The third-order valence-corrected chi connectivity index (χ3v) is 4.55. The van der Waals surface area contributed by atoms with E-state index in [0.717, 1.165) is 32.4 Å². The first kappa shape index (κ1) is 16.5. The predicted molar refractivity (Wildman–Crippen MR) is 81.0 cm³/mol. The highest BCUT2D eigenvalue weighted by Crippen LogP contribution is 2.16. The molecule has 1 saturated heterocycles. The minimum atomic E-state index is -3.61. The Labute approximate surface area is 126 Å². The number of hydrazine groups is 1. The van der Waals surface area contributed by atoms with E-state index in [1.54, 1.807) is 11.1 Å². The molecule has 2 rings (SSSR count). The van der Waals surface area contributed by atoms with Gasteiger partial charge in [-0.3, -0.25) is 0 Å². The van der Waals surface area contributed by atoms with Crippen LogP contribution in [0, 0.1) is 0 Å². The van der Waals surface area contributed by atoms with Crippen LogP contribution < -0.4 is 10.1 Å². The van der Waals surface area contributed by atoms with Gasteiger partial charge >= 0.3 is 0 Å². The Morgan fingerprint density at radius 3 is 2.48 bits per heavy atom. The maximum Gasteiger partial charge on any atom is 0.286 e. The predicted octanol–water partition coefficient (Wildman–Crippen LogP) is 1.85. The summed E-state index contributed by atoms with van der Waals surface area (Å²) in [7, 11) is -3.61. The fourth-order valence-corrected chi connectivity index (χ4v) is 3.23. The van der Waals surface area contributed by atoms with Crippen molar-refractivity contribution in [1.82, 2.24) is 15.2 Å². The largest absolute Gasteiger partial charge is 0.447 e. The molecule has 0 radical (unpaired) electrons. The molecule has 1 aromatic rings. The van der Waals surface area contributed by atoms with Crippen molar-refractivity contribution in [1.29, 1.82) is 0 Å². The normalized spacial score (nSPS) is 18.0. The quantitative estimate of drug-likeness (QED) is 0.867. The first-order chi connectivity index (χ1) is 9.76. The van der Waals surface area contributed by atoms with Crippen LogP contribution in [0.4, 0.5) is 0 Å². The maximum absolute atomic E-state index is 12.2. The van der Waals surface area contributed by atoms with Gasteiger partial charge in [-0.1, -0.05) is 6.42 Å². The summed E-state index contributed by atoms with van der Waals surface area (Å²) < 4.78 is 29.9. The van der Waals surface area contributed by atoms with E-state index >= 15 is 0 Å².